The summed E-state index contributed by atoms with van der Waals surface area (Å²) < 4.78 is 11.3. The molecule has 0 heterocycles. The first-order chi connectivity index (χ1) is 15.0. The number of benzene rings is 2. The van der Waals surface area contributed by atoms with Gasteiger partial charge in [-0.15, -0.1) is 0 Å². The van der Waals surface area contributed by atoms with Crippen LogP contribution in [0.4, 0.5) is 0 Å². The lowest BCUT2D eigenvalue weighted by Crippen LogP contribution is -2.36. The highest BCUT2D eigenvalue weighted by molar-refractivity contribution is 6.42. The lowest BCUT2D eigenvalue weighted by molar-refractivity contribution is -0.117. The van der Waals surface area contributed by atoms with Crippen LogP contribution in [0.5, 0.6) is 11.5 Å². The third kappa shape index (κ3) is 6.40. The summed E-state index contributed by atoms with van der Waals surface area (Å²) in [4.78, 5) is 12.5. The molecule has 162 valence electrons. The maximum atomic E-state index is 12.5. The molecule has 0 saturated heterocycles. The average molecular weight is 459 g/mol. The number of nitriles is 1. The molecule has 1 saturated carbocycles. The molecule has 0 radical (unpaired) electrons. The summed E-state index contributed by atoms with van der Waals surface area (Å²) in [5, 5.41) is 13.4. The number of halogens is 2. The Bertz CT molecular complexity index is 1010. The number of rotatable bonds is 7. The van der Waals surface area contributed by atoms with Crippen molar-refractivity contribution in [3.05, 3.63) is 63.1 Å². The van der Waals surface area contributed by atoms with Gasteiger partial charge in [-0.05, 0) is 54.3 Å². The number of nitrogens with one attached hydrogen (secondary N) is 1. The fourth-order valence-electron chi connectivity index (χ4n) is 3.51. The van der Waals surface area contributed by atoms with Crippen LogP contribution in [0, 0.1) is 11.3 Å². The lowest BCUT2D eigenvalue weighted by atomic mass is 9.95. The van der Waals surface area contributed by atoms with Crippen molar-refractivity contribution >= 4 is 35.2 Å². The van der Waals surface area contributed by atoms with Crippen LogP contribution in [-0.4, -0.2) is 19.1 Å². The van der Waals surface area contributed by atoms with Crippen LogP contribution in [0.3, 0.4) is 0 Å². The molecule has 3 rings (SSSR count). The van der Waals surface area contributed by atoms with Crippen molar-refractivity contribution in [3.8, 4) is 17.6 Å². The van der Waals surface area contributed by atoms with Gasteiger partial charge in [0.05, 0.1) is 17.2 Å². The van der Waals surface area contributed by atoms with E-state index in [2.05, 4.69) is 5.32 Å². The summed E-state index contributed by atoms with van der Waals surface area (Å²) in [6, 6.07) is 12.7. The Kier molecular flexibility index (Phi) is 8.22. The van der Waals surface area contributed by atoms with Gasteiger partial charge in [-0.1, -0.05) is 54.6 Å². The fraction of sp³-hybridized carbons (Fsp3) is 0.333. The van der Waals surface area contributed by atoms with E-state index in [0.717, 1.165) is 31.2 Å². The number of nitrogens with zero attached hydrogens (tertiary/aromatic N) is 1. The molecule has 1 fully saturated rings. The molecule has 0 aromatic heterocycles. The van der Waals surface area contributed by atoms with E-state index in [1.54, 1.807) is 36.4 Å². The van der Waals surface area contributed by atoms with E-state index in [4.69, 9.17) is 32.7 Å². The van der Waals surface area contributed by atoms with Gasteiger partial charge < -0.3 is 14.8 Å². The standard InChI is InChI=1S/C24H24Cl2N2O3/c1-30-23-13-16(11-18(14-27)24(29)28-19-5-3-2-4-6-19)8-10-22(23)31-15-17-7-9-20(25)21(26)12-17/h7-13,19H,2-6,15H2,1H3,(H,28,29)/b18-11+. The van der Waals surface area contributed by atoms with Crippen LogP contribution in [0.15, 0.2) is 42.0 Å². The largest absolute Gasteiger partial charge is 0.493 e. The van der Waals surface area contributed by atoms with Crippen LogP contribution >= 0.6 is 23.2 Å². The molecule has 0 spiro atoms. The molecule has 5 nitrogen and oxygen atoms in total. The molecule has 1 aliphatic rings. The van der Waals surface area contributed by atoms with Crippen molar-refractivity contribution < 1.29 is 14.3 Å². The smallest absolute Gasteiger partial charge is 0.262 e. The van der Waals surface area contributed by atoms with Crippen LogP contribution in [0.25, 0.3) is 6.08 Å². The highest BCUT2D eigenvalue weighted by Crippen LogP contribution is 2.30. The topological polar surface area (TPSA) is 71.3 Å². The number of carbonyl (C=O) groups excluding carboxylic acids is 1. The Morgan fingerprint density at radius 1 is 1.13 bits per heavy atom. The Morgan fingerprint density at radius 2 is 1.90 bits per heavy atom. The van der Waals surface area contributed by atoms with E-state index in [0.29, 0.717) is 27.1 Å². The summed E-state index contributed by atoms with van der Waals surface area (Å²) in [6.07, 6.45) is 6.90. The van der Waals surface area contributed by atoms with Crippen LogP contribution < -0.4 is 14.8 Å². The molecule has 31 heavy (non-hydrogen) atoms. The van der Waals surface area contributed by atoms with Crippen molar-refractivity contribution in [2.24, 2.45) is 0 Å². The third-order valence-corrected chi connectivity index (χ3v) is 5.92. The second-order valence-electron chi connectivity index (χ2n) is 7.43. The Morgan fingerprint density at radius 3 is 2.58 bits per heavy atom. The molecular weight excluding hydrogens is 435 g/mol. The predicted molar refractivity (Wildman–Crippen MR) is 122 cm³/mol. The summed E-state index contributed by atoms with van der Waals surface area (Å²) in [6.45, 7) is 0.287. The second kappa shape index (κ2) is 11.1. The zero-order valence-corrected chi connectivity index (χ0v) is 18.8. The van der Waals surface area contributed by atoms with Crippen molar-refractivity contribution in [2.75, 3.05) is 7.11 Å². The molecular formula is C24H24Cl2N2O3. The van der Waals surface area contributed by atoms with E-state index in [1.807, 2.05) is 12.1 Å². The molecule has 1 aliphatic carbocycles. The molecule has 1 amide bonds. The summed E-state index contributed by atoms with van der Waals surface area (Å²) in [7, 11) is 1.54. The monoisotopic (exact) mass is 458 g/mol. The summed E-state index contributed by atoms with van der Waals surface area (Å²) in [5.74, 6) is 0.697. The maximum Gasteiger partial charge on any atom is 0.262 e. The second-order valence-corrected chi connectivity index (χ2v) is 8.24. The maximum absolute atomic E-state index is 12.5. The van der Waals surface area contributed by atoms with Crippen molar-refractivity contribution in [1.82, 2.24) is 5.32 Å². The molecule has 0 aliphatic heterocycles. The van der Waals surface area contributed by atoms with Crippen molar-refractivity contribution in [3.63, 3.8) is 0 Å². The van der Waals surface area contributed by atoms with Gasteiger partial charge in [-0.3, -0.25) is 4.79 Å². The first kappa shape index (κ1) is 23.0. The van der Waals surface area contributed by atoms with E-state index < -0.39 is 0 Å². The molecule has 1 N–H and O–H groups in total. The van der Waals surface area contributed by atoms with Gasteiger partial charge in [0.25, 0.3) is 5.91 Å². The van der Waals surface area contributed by atoms with Crippen molar-refractivity contribution in [1.29, 1.82) is 5.26 Å². The van der Waals surface area contributed by atoms with Gasteiger partial charge in [0.15, 0.2) is 11.5 Å². The van der Waals surface area contributed by atoms with Crippen LogP contribution in [0.1, 0.15) is 43.2 Å². The Labute approximate surface area is 192 Å². The van der Waals surface area contributed by atoms with Crippen LogP contribution in [0.2, 0.25) is 10.0 Å². The molecule has 7 heteroatoms. The number of amides is 1. The van der Waals surface area contributed by atoms with Gasteiger partial charge in [0.2, 0.25) is 0 Å². The van der Waals surface area contributed by atoms with E-state index in [1.165, 1.54) is 13.5 Å². The van der Waals surface area contributed by atoms with Crippen molar-refractivity contribution in [2.45, 2.75) is 44.8 Å². The minimum atomic E-state index is -0.340. The normalized spacial score (nSPS) is 14.6. The lowest BCUT2D eigenvalue weighted by Gasteiger charge is -2.22. The SMILES string of the molecule is COc1cc(/C=C(\C#N)C(=O)NC2CCCCC2)ccc1OCc1ccc(Cl)c(Cl)c1. The molecule has 0 atom stereocenters. The van der Waals surface area contributed by atoms with Gasteiger partial charge >= 0.3 is 0 Å². The molecule has 0 unspecified atom stereocenters. The summed E-state index contributed by atoms with van der Waals surface area (Å²) in [5.41, 5.74) is 1.61. The van der Waals surface area contributed by atoms with Gasteiger partial charge in [-0.2, -0.15) is 5.26 Å². The first-order valence-corrected chi connectivity index (χ1v) is 10.9. The molecule has 0 bridgehead atoms. The third-order valence-electron chi connectivity index (χ3n) is 5.18. The number of methoxy groups -OCH3 is 1. The minimum absolute atomic E-state index is 0.0668. The zero-order valence-electron chi connectivity index (χ0n) is 17.3. The minimum Gasteiger partial charge on any atom is -0.493 e. The fourth-order valence-corrected chi connectivity index (χ4v) is 3.83. The highest BCUT2D eigenvalue weighted by atomic mass is 35.5. The number of hydrogen-bond donors (Lipinski definition) is 1. The van der Waals surface area contributed by atoms with E-state index in [-0.39, 0.29) is 24.1 Å². The highest BCUT2D eigenvalue weighted by Gasteiger charge is 2.18. The molecule has 2 aromatic rings. The number of carbonyl (C=O) groups is 1. The van der Waals surface area contributed by atoms with E-state index in [9.17, 15) is 10.1 Å². The van der Waals surface area contributed by atoms with Crippen LogP contribution in [-0.2, 0) is 11.4 Å². The van der Waals surface area contributed by atoms with Gasteiger partial charge in [-0.25, -0.2) is 0 Å². The Balaban J connectivity index is 1.70. The zero-order chi connectivity index (χ0) is 22.2. The Hall–Kier alpha value is -2.68. The predicted octanol–water partition coefficient (Wildman–Crippen LogP) is 5.94. The van der Waals surface area contributed by atoms with Gasteiger partial charge in [0, 0.05) is 6.04 Å². The first-order valence-electron chi connectivity index (χ1n) is 10.2. The van der Waals surface area contributed by atoms with E-state index >= 15 is 0 Å². The average Bonchev–Trinajstić information content (AvgIpc) is 2.79. The molecule has 2 aromatic carbocycles. The summed E-state index contributed by atoms with van der Waals surface area (Å²) >= 11 is 12.0. The number of hydrogen-bond acceptors (Lipinski definition) is 4. The quantitative estimate of drug-likeness (QED) is 0.411. The number of ether oxygens (including phenoxy) is 2. The van der Waals surface area contributed by atoms with Gasteiger partial charge in [0.1, 0.15) is 18.2 Å².